The molecule has 0 saturated carbocycles. The summed E-state index contributed by atoms with van der Waals surface area (Å²) in [6.45, 7) is 0. The molecule has 0 bridgehead atoms. The molecule has 0 saturated heterocycles. The van der Waals surface area contributed by atoms with Crippen molar-refractivity contribution in [3.05, 3.63) is 51.5 Å². The van der Waals surface area contributed by atoms with Gasteiger partial charge in [-0.3, -0.25) is 0 Å². The molecule has 0 aliphatic heterocycles. The minimum Gasteiger partial charge on any atom is -0.387 e. The first kappa shape index (κ1) is 14.9. The predicted molar refractivity (Wildman–Crippen MR) is 62.1 cm³/mol. The molecule has 2 nitrogen and oxygen atoms in total. The number of aromatic nitrogens is 1. The van der Waals surface area contributed by atoms with Gasteiger partial charge in [0, 0.05) is 12.6 Å². The smallest absolute Gasteiger partial charge is 0.387 e. The molecule has 8 heteroatoms. The monoisotopic (exact) mass is 309 g/mol. The van der Waals surface area contributed by atoms with E-state index in [2.05, 4.69) is 4.98 Å². The molecule has 0 amide bonds. The second-order valence-electron chi connectivity index (χ2n) is 4.00. The fourth-order valence-corrected chi connectivity index (χ4v) is 2.36. The van der Waals surface area contributed by atoms with Gasteiger partial charge in [0.15, 0.2) is 16.6 Å². The average molecular weight is 309 g/mol. The maximum atomic E-state index is 13.4. The predicted octanol–water partition coefficient (Wildman–Crippen LogP) is 3.72. The van der Waals surface area contributed by atoms with Gasteiger partial charge in [0.05, 0.1) is 11.0 Å². The summed E-state index contributed by atoms with van der Waals surface area (Å²) >= 11 is 0.275. The number of hydrogen-bond acceptors (Lipinski definition) is 3. The van der Waals surface area contributed by atoms with Gasteiger partial charge in [-0.25, -0.2) is 13.8 Å². The number of nitrogens with zero attached hydrogens (tertiary/aromatic N) is 1. The summed E-state index contributed by atoms with van der Waals surface area (Å²) in [7, 11) is 0. The van der Waals surface area contributed by atoms with Crippen molar-refractivity contribution < 1.29 is 27.1 Å². The summed E-state index contributed by atoms with van der Waals surface area (Å²) in [5, 5.41) is 8.69. The minimum absolute atomic E-state index is 0.0546. The number of halogens is 5. The molecule has 0 radical (unpaired) electrons. The molecule has 2 aromatic rings. The molecule has 1 N–H and O–H groups in total. The van der Waals surface area contributed by atoms with Crippen molar-refractivity contribution in [1.82, 2.24) is 4.98 Å². The Morgan fingerprint density at radius 3 is 2.55 bits per heavy atom. The maximum absolute atomic E-state index is 13.4. The summed E-state index contributed by atoms with van der Waals surface area (Å²) in [6.07, 6.45) is -5.41. The highest BCUT2D eigenvalue weighted by atomic mass is 32.1. The highest BCUT2D eigenvalue weighted by Gasteiger charge is 2.35. The zero-order valence-corrected chi connectivity index (χ0v) is 10.6. The van der Waals surface area contributed by atoms with Gasteiger partial charge in [-0.15, -0.1) is 11.3 Å². The first-order valence-electron chi connectivity index (χ1n) is 5.43. The van der Waals surface area contributed by atoms with Gasteiger partial charge in [0.1, 0.15) is 0 Å². The van der Waals surface area contributed by atoms with Crippen LogP contribution in [0.5, 0.6) is 0 Å². The van der Waals surface area contributed by atoms with Crippen molar-refractivity contribution in [3.63, 3.8) is 0 Å². The van der Waals surface area contributed by atoms with E-state index in [1.54, 1.807) is 0 Å². The fourth-order valence-electron chi connectivity index (χ4n) is 1.59. The number of aliphatic hydroxyl groups excluding tert-OH is 1. The summed E-state index contributed by atoms with van der Waals surface area (Å²) in [6, 6.07) is 3.43. The third-order valence-electron chi connectivity index (χ3n) is 2.54. The van der Waals surface area contributed by atoms with Gasteiger partial charge in [-0.2, -0.15) is 13.2 Å². The highest BCUT2D eigenvalue weighted by Crippen LogP contribution is 2.35. The number of hydrogen-bond donors (Lipinski definition) is 1. The summed E-state index contributed by atoms with van der Waals surface area (Å²) in [5.41, 5.74) is -0.112. The van der Waals surface area contributed by atoms with E-state index in [9.17, 15) is 27.1 Å². The van der Waals surface area contributed by atoms with E-state index in [4.69, 9.17) is 0 Å². The lowest BCUT2D eigenvalue weighted by Crippen LogP contribution is -2.04. The Morgan fingerprint density at radius 1 is 1.25 bits per heavy atom. The van der Waals surface area contributed by atoms with Gasteiger partial charge in [0.2, 0.25) is 0 Å². The zero-order valence-electron chi connectivity index (χ0n) is 9.79. The van der Waals surface area contributed by atoms with E-state index in [1.807, 2.05) is 0 Å². The molecular weight excluding hydrogens is 301 g/mol. The number of rotatable bonds is 3. The Bertz CT molecular complexity index is 610. The first-order valence-corrected chi connectivity index (χ1v) is 6.24. The van der Waals surface area contributed by atoms with Gasteiger partial charge in [-0.05, 0) is 11.6 Å². The second-order valence-corrected chi connectivity index (χ2v) is 5.06. The highest BCUT2D eigenvalue weighted by molar-refractivity contribution is 7.11. The van der Waals surface area contributed by atoms with Crippen LogP contribution in [0.1, 0.15) is 21.6 Å². The normalized spacial score (nSPS) is 13.5. The van der Waals surface area contributed by atoms with Crippen LogP contribution in [0.15, 0.2) is 24.4 Å². The number of thiazole rings is 1. The third kappa shape index (κ3) is 3.13. The average Bonchev–Trinajstić information content (AvgIpc) is 2.84. The molecule has 20 heavy (non-hydrogen) atoms. The van der Waals surface area contributed by atoms with Crippen molar-refractivity contribution in [2.45, 2.75) is 18.7 Å². The SMILES string of the molecule is OC(Cc1cccc(F)c1F)c1cnc(C(F)(F)F)s1. The fraction of sp³-hybridized carbons (Fsp3) is 0.250. The van der Waals surface area contributed by atoms with Gasteiger partial charge in [0.25, 0.3) is 0 Å². The Morgan fingerprint density at radius 2 is 1.95 bits per heavy atom. The van der Waals surface area contributed by atoms with Crippen LogP contribution < -0.4 is 0 Å². The molecule has 1 aromatic carbocycles. The zero-order chi connectivity index (χ0) is 14.9. The minimum atomic E-state index is -4.59. The topological polar surface area (TPSA) is 33.1 Å². The van der Waals surface area contributed by atoms with Crippen LogP contribution in [0.2, 0.25) is 0 Å². The van der Waals surface area contributed by atoms with Crippen molar-refractivity contribution in [3.8, 4) is 0 Å². The molecule has 1 unspecified atom stereocenters. The van der Waals surface area contributed by atoms with Crippen LogP contribution in [-0.4, -0.2) is 10.1 Å². The Balaban J connectivity index is 2.18. The van der Waals surface area contributed by atoms with Crippen LogP contribution >= 0.6 is 11.3 Å². The summed E-state index contributed by atoms with van der Waals surface area (Å²) in [4.78, 5) is 3.10. The van der Waals surface area contributed by atoms with Crippen molar-refractivity contribution in [2.75, 3.05) is 0 Å². The van der Waals surface area contributed by atoms with E-state index < -0.39 is 28.9 Å². The van der Waals surface area contributed by atoms with Gasteiger partial charge in [-0.1, -0.05) is 12.1 Å². The molecule has 2 rings (SSSR count). The summed E-state index contributed by atoms with van der Waals surface area (Å²) < 4.78 is 63.5. The standard InChI is InChI=1S/C12H8F5NOS/c13-7-3-1-2-6(10(7)14)4-8(19)9-5-18-11(20-9)12(15,16)17/h1-3,5,8,19H,4H2. The second kappa shape index (κ2) is 5.45. The van der Waals surface area contributed by atoms with Crippen molar-refractivity contribution in [1.29, 1.82) is 0 Å². The quantitative estimate of drug-likeness (QED) is 0.877. The van der Waals surface area contributed by atoms with Crippen LogP contribution in [0.4, 0.5) is 22.0 Å². The Hall–Kier alpha value is -1.54. The number of benzene rings is 1. The molecule has 0 fully saturated rings. The maximum Gasteiger partial charge on any atom is 0.443 e. The first-order chi connectivity index (χ1) is 9.29. The van der Waals surface area contributed by atoms with E-state index in [0.717, 1.165) is 12.3 Å². The molecule has 1 atom stereocenters. The largest absolute Gasteiger partial charge is 0.443 e. The molecule has 1 heterocycles. The summed E-state index contributed by atoms with van der Waals surface area (Å²) in [5.74, 6) is -2.19. The van der Waals surface area contributed by atoms with E-state index >= 15 is 0 Å². The van der Waals surface area contributed by atoms with Crippen LogP contribution in [0.3, 0.4) is 0 Å². The molecule has 0 spiro atoms. The molecular formula is C12H8F5NOS. The molecule has 108 valence electrons. The Labute approximate surface area is 114 Å². The van der Waals surface area contributed by atoms with Crippen molar-refractivity contribution in [2.24, 2.45) is 0 Å². The van der Waals surface area contributed by atoms with Gasteiger partial charge < -0.3 is 5.11 Å². The van der Waals surface area contributed by atoms with E-state index in [0.29, 0.717) is 0 Å². The Kier molecular flexibility index (Phi) is 4.05. The van der Waals surface area contributed by atoms with Crippen LogP contribution in [-0.2, 0) is 12.6 Å². The van der Waals surface area contributed by atoms with E-state index in [-0.39, 0.29) is 28.2 Å². The molecule has 0 aliphatic rings. The molecule has 0 aliphatic carbocycles. The lowest BCUT2D eigenvalue weighted by atomic mass is 10.1. The van der Waals surface area contributed by atoms with Crippen LogP contribution in [0, 0.1) is 11.6 Å². The number of aliphatic hydroxyl groups is 1. The van der Waals surface area contributed by atoms with E-state index in [1.165, 1.54) is 12.1 Å². The lowest BCUT2D eigenvalue weighted by Gasteiger charge is -2.09. The molecule has 1 aromatic heterocycles. The third-order valence-corrected chi connectivity index (χ3v) is 3.68. The van der Waals surface area contributed by atoms with Gasteiger partial charge >= 0.3 is 6.18 Å². The lowest BCUT2D eigenvalue weighted by molar-refractivity contribution is -0.137. The number of alkyl halides is 3. The van der Waals surface area contributed by atoms with Crippen molar-refractivity contribution >= 4 is 11.3 Å². The van der Waals surface area contributed by atoms with Crippen LogP contribution in [0.25, 0.3) is 0 Å².